The molecule has 2 aromatic rings. The Bertz CT molecular complexity index is 733. The monoisotopic (exact) mass is 343 g/mol. The summed E-state index contributed by atoms with van der Waals surface area (Å²) in [6, 6.07) is 1.74. The lowest BCUT2D eigenvalue weighted by molar-refractivity contribution is 0.0761. The first-order chi connectivity index (χ1) is 12.1. The number of hydrogen-bond donors (Lipinski definition) is 0. The second-order valence-corrected chi connectivity index (χ2v) is 6.64. The molecule has 0 radical (unpaired) electrons. The molecule has 7 heteroatoms. The van der Waals surface area contributed by atoms with Gasteiger partial charge in [0.25, 0.3) is 5.91 Å². The maximum absolute atomic E-state index is 12.8. The summed E-state index contributed by atoms with van der Waals surface area (Å²) < 4.78 is 7.28. The van der Waals surface area contributed by atoms with Crippen molar-refractivity contribution in [1.29, 1.82) is 0 Å². The van der Waals surface area contributed by atoms with Gasteiger partial charge in [-0.05, 0) is 33.6 Å². The molecule has 0 aliphatic carbocycles. The highest BCUT2D eigenvalue weighted by atomic mass is 16.5. The lowest BCUT2D eigenvalue weighted by atomic mass is 10.2. The normalized spacial score (nSPS) is 15.3. The Morgan fingerprint density at radius 1 is 1.16 bits per heavy atom. The van der Waals surface area contributed by atoms with Gasteiger partial charge in [0.05, 0.1) is 23.6 Å². The summed E-state index contributed by atoms with van der Waals surface area (Å²) >= 11 is 0. The molecule has 1 saturated heterocycles. The van der Waals surface area contributed by atoms with Crippen molar-refractivity contribution in [1.82, 2.24) is 24.6 Å². The lowest BCUT2D eigenvalue weighted by Crippen LogP contribution is -2.32. The molecule has 3 heterocycles. The number of rotatable bonds is 4. The molecule has 1 fully saturated rings. The molecule has 134 valence electrons. The van der Waals surface area contributed by atoms with Crippen LogP contribution in [0.25, 0.3) is 5.82 Å². The Hall–Kier alpha value is -2.44. The molecule has 3 rings (SSSR count). The van der Waals surface area contributed by atoms with E-state index < -0.39 is 0 Å². The Morgan fingerprint density at radius 2 is 1.88 bits per heavy atom. The molecule has 1 aliphatic heterocycles. The van der Waals surface area contributed by atoms with E-state index in [2.05, 4.69) is 15.1 Å². The highest BCUT2D eigenvalue weighted by Crippen LogP contribution is 2.19. The number of amides is 1. The van der Waals surface area contributed by atoms with E-state index in [1.54, 1.807) is 16.9 Å². The molecule has 1 amide bonds. The summed E-state index contributed by atoms with van der Waals surface area (Å²) in [6.07, 6.45) is 7.64. The van der Waals surface area contributed by atoms with Crippen LogP contribution in [0.4, 0.5) is 0 Å². The molecule has 0 aromatic carbocycles. The molecular weight excluding hydrogens is 318 g/mol. The van der Waals surface area contributed by atoms with Gasteiger partial charge in [0, 0.05) is 19.2 Å². The number of nitrogens with zero attached hydrogens (tertiary/aromatic N) is 5. The van der Waals surface area contributed by atoms with Gasteiger partial charge in [-0.3, -0.25) is 4.79 Å². The van der Waals surface area contributed by atoms with Crippen molar-refractivity contribution < 1.29 is 9.53 Å². The number of hydrogen-bond acceptors (Lipinski definition) is 5. The van der Waals surface area contributed by atoms with Crippen molar-refractivity contribution >= 4 is 5.91 Å². The molecule has 0 saturated carbocycles. The van der Waals surface area contributed by atoms with Crippen LogP contribution in [0.15, 0.2) is 18.6 Å². The quantitative estimate of drug-likeness (QED) is 0.853. The number of carbonyl (C=O) groups excluding carboxylic acids is 1. The van der Waals surface area contributed by atoms with Crippen LogP contribution < -0.4 is 4.74 Å². The van der Waals surface area contributed by atoms with Crippen molar-refractivity contribution in [3.05, 3.63) is 29.8 Å². The number of ether oxygens (including phenoxy) is 1. The summed E-state index contributed by atoms with van der Waals surface area (Å²) in [6.45, 7) is 7.42. The average Bonchev–Trinajstić information content (AvgIpc) is 2.80. The van der Waals surface area contributed by atoms with Gasteiger partial charge >= 0.3 is 0 Å². The first kappa shape index (κ1) is 17.4. The molecule has 2 aromatic heterocycles. The minimum atomic E-state index is 0.0293. The van der Waals surface area contributed by atoms with Crippen LogP contribution in [0.5, 0.6) is 5.88 Å². The number of carbonyl (C=O) groups is 1. The highest BCUT2D eigenvalue weighted by molar-refractivity contribution is 5.95. The standard InChI is InChI=1S/C18H25N5O2/c1-13(2)25-17-10-16(19-12-20-17)23-14(3)15(11-21-23)18(24)22-8-6-4-5-7-9-22/h10-13H,4-9H2,1-3H3. The predicted octanol–water partition coefficient (Wildman–Crippen LogP) is 2.77. The van der Waals surface area contributed by atoms with Gasteiger partial charge in [-0.2, -0.15) is 5.10 Å². The molecule has 7 nitrogen and oxygen atoms in total. The summed E-state index contributed by atoms with van der Waals surface area (Å²) in [5.41, 5.74) is 1.41. The maximum Gasteiger partial charge on any atom is 0.257 e. The molecule has 0 unspecified atom stereocenters. The summed E-state index contributed by atoms with van der Waals surface area (Å²) in [7, 11) is 0. The Balaban J connectivity index is 1.84. The van der Waals surface area contributed by atoms with Crippen LogP contribution >= 0.6 is 0 Å². The lowest BCUT2D eigenvalue weighted by Gasteiger charge is -2.19. The van der Waals surface area contributed by atoms with E-state index in [1.807, 2.05) is 25.7 Å². The SMILES string of the molecule is Cc1c(C(=O)N2CCCCCC2)cnn1-c1cc(OC(C)C)ncn1. The van der Waals surface area contributed by atoms with Crippen LogP contribution in [0.2, 0.25) is 0 Å². The average molecular weight is 343 g/mol. The smallest absolute Gasteiger partial charge is 0.257 e. The minimum Gasteiger partial charge on any atom is -0.475 e. The molecule has 0 atom stereocenters. The van der Waals surface area contributed by atoms with Crippen LogP contribution in [0, 0.1) is 6.92 Å². The van der Waals surface area contributed by atoms with E-state index in [-0.39, 0.29) is 12.0 Å². The largest absolute Gasteiger partial charge is 0.475 e. The Kier molecular flexibility index (Phi) is 5.31. The van der Waals surface area contributed by atoms with E-state index in [0.29, 0.717) is 17.3 Å². The summed E-state index contributed by atoms with van der Waals surface area (Å²) in [5, 5.41) is 4.37. The molecule has 0 spiro atoms. The zero-order chi connectivity index (χ0) is 17.8. The zero-order valence-electron chi connectivity index (χ0n) is 15.1. The van der Waals surface area contributed by atoms with Gasteiger partial charge in [-0.15, -0.1) is 0 Å². The second kappa shape index (κ2) is 7.63. The molecule has 1 aliphatic rings. The Morgan fingerprint density at radius 3 is 2.56 bits per heavy atom. The van der Waals surface area contributed by atoms with Crippen LogP contribution in [-0.4, -0.2) is 49.7 Å². The summed E-state index contributed by atoms with van der Waals surface area (Å²) in [4.78, 5) is 23.2. The molecular formula is C18H25N5O2. The van der Waals surface area contributed by atoms with Gasteiger partial charge < -0.3 is 9.64 Å². The van der Waals surface area contributed by atoms with Crippen LogP contribution in [0.1, 0.15) is 55.6 Å². The van der Waals surface area contributed by atoms with E-state index in [9.17, 15) is 4.79 Å². The van der Waals surface area contributed by atoms with Gasteiger partial charge in [-0.1, -0.05) is 12.8 Å². The van der Waals surface area contributed by atoms with Gasteiger partial charge in [0.2, 0.25) is 5.88 Å². The predicted molar refractivity (Wildman–Crippen MR) is 94.0 cm³/mol. The van der Waals surface area contributed by atoms with E-state index in [0.717, 1.165) is 31.6 Å². The maximum atomic E-state index is 12.8. The number of likely N-dealkylation sites (tertiary alicyclic amines) is 1. The van der Waals surface area contributed by atoms with Crippen molar-refractivity contribution in [3.8, 4) is 11.7 Å². The third-order valence-electron chi connectivity index (χ3n) is 4.33. The van der Waals surface area contributed by atoms with Crippen molar-refractivity contribution in [2.45, 2.75) is 52.6 Å². The van der Waals surface area contributed by atoms with E-state index in [4.69, 9.17) is 4.74 Å². The van der Waals surface area contributed by atoms with Crippen LogP contribution in [-0.2, 0) is 0 Å². The molecule has 25 heavy (non-hydrogen) atoms. The fraction of sp³-hybridized carbons (Fsp3) is 0.556. The third kappa shape index (κ3) is 3.97. The Labute approximate surface area is 148 Å². The first-order valence-electron chi connectivity index (χ1n) is 8.89. The van der Waals surface area contributed by atoms with Crippen molar-refractivity contribution in [3.63, 3.8) is 0 Å². The first-order valence-corrected chi connectivity index (χ1v) is 8.89. The van der Waals surface area contributed by atoms with E-state index >= 15 is 0 Å². The fourth-order valence-electron chi connectivity index (χ4n) is 3.05. The highest BCUT2D eigenvalue weighted by Gasteiger charge is 2.22. The second-order valence-electron chi connectivity index (χ2n) is 6.64. The van der Waals surface area contributed by atoms with Crippen molar-refractivity contribution in [2.24, 2.45) is 0 Å². The van der Waals surface area contributed by atoms with Gasteiger partial charge in [-0.25, -0.2) is 14.6 Å². The van der Waals surface area contributed by atoms with Gasteiger partial charge in [0.15, 0.2) is 5.82 Å². The summed E-state index contributed by atoms with van der Waals surface area (Å²) in [5.74, 6) is 1.15. The molecule has 0 bridgehead atoms. The number of aromatic nitrogens is 4. The zero-order valence-corrected chi connectivity index (χ0v) is 15.1. The fourth-order valence-corrected chi connectivity index (χ4v) is 3.05. The minimum absolute atomic E-state index is 0.0293. The van der Waals surface area contributed by atoms with Crippen molar-refractivity contribution in [2.75, 3.05) is 13.1 Å². The van der Waals surface area contributed by atoms with E-state index in [1.165, 1.54) is 19.2 Å². The third-order valence-corrected chi connectivity index (χ3v) is 4.33. The molecule has 0 N–H and O–H groups in total. The topological polar surface area (TPSA) is 73.1 Å². The van der Waals surface area contributed by atoms with Gasteiger partial charge in [0.1, 0.15) is 6.33 Å². The van der Waals surface area contributed by atoms with Crippen LogP contribution in [0.3, 0.4) is 0 Å².